The van der Waals surface area contributed by atoms with E-state index in [0.717, 1.165) is 22.2 Å². The van der Waals surface area contributed by atoms with Crippen molar-refractivity contribution in [3.05, 3.63) is 27.8 Å². The number of anilines is 1. The zero-order valence-electron chi connectivity index (χ0n) is 9.16. The van der Waals surface area contributed by atoms with E-state index in [1.807, 2.05) is 24.3 Å². The molecule has 2 rings (SSSR count). The molecule has 0 aliphatic carbocycles. The molecule has 2 atom stereocenters. The number of rotatable bonds is 2. The van der Waals surface area contributed by atoms with Crippen LogP contribution in [-0.4, -0.2) is 18.5 Å². The number of hydrogen-bond acceptors (Lipinski definition) is 2. The lowest BCUT2D eigenvalue weighted by molar-refractivity contribution is -0.119. The molecule has 1 aromatic rings. The molecule has 0 aromatic heterocycles. The van der Waals surface area contributed by atoms with Crippen LogP contribution in [0.4, 0.5) is 5.69 Å². The van der Waals surface area contributed by atoms with E-state index in [1.54, 1.807) is 0 Å². The van der Waals surface area contributed by atoms with E-state index in [0.29, 0.717) is 0 Å². The largest absolute Gasteiger partial charge is 0.326 e. The Labute approximate surface area is 109 Å². The van der Waals surface area contributed by atoms with Crippen LogP contribution in [0.3, 0.4) is 0 Å². The van der Waals surface area contributed by atoms with Crippen molar-refractivity contribution in [2.24, 2.45) is 5.92 Å². The van der Waals surface area contributed by atoms with Gasteiger partial charge >= 0.3 is 0 Å². The standard InChI is InChI=1S/C12H15IN2O/c1-8-11(5-6-14-8)12(16)15-10-4-2-3-9(13)7-10/h2-4,7-8,11,14H,5-6H2,1H3,(H,15,16). The topological polar surface area (TPSA) is 41.1 Å². The molecule has 2 unspecified atom stereocenters. The maximum atomic E-state index is 12.0. The van der Waals surface area contributed by atoms with Gasteiger partial charge in [0.2, 0.25) is 5.91 Å². The van der Waals surface area contributed by atoms with Crippen LogP contribution >= 0.6 is 22.6 Å². The lowest BCUT2D eigenvalue weighted by atomic mass is 10.0. The normalized spacial score (nSPS) is 24.4. The highest BCUT2D eigenvalue weighted by molar-refractivity contribution is 14.1. The fraction of sp³-hybridized carbons (Fsp3) is 0.417. The first-order chi connectivity index (χ1) is 7.66. The molecule has 1 aromatic carbocycles. The van der Waals surface area contributed by atoms with Crippen LogP contribution in [0.25, 0.3) is 0 Å². The smallest absolute Gasteiger partial charge is 0.229 e. The van der Waals surface area contributed by atoms with Crippen molar-refractivity contribution in [1.29, 1.82) is 0 Å². The molecule has 2 N–H and O–H groups in total. The van der Waals surface area contributed by atoms with Crippen LogP contribution in [0.15, 0.2) is 24.3 Å². The molecule has 0 radical (unpaired) electrons. The zero-order chi connectivity index (χ0) is 11.5. The van der Waals surface area contributed by atoms with Gasteiger partial charge in [0.1, 0.15) is 0 Å². The third kappa shape index (κ3) is 2.74. The number of hydrogen-bond donors (Lipinski definition) is 2. The highest BCUT2D eigenvalue weighted by Gasteiger charge is 2.29. The van der Waals surface area contributed by atoms with Crippen LogP contribution in [0.2, 0.25) is 0 Å². The highest BCUT2D eigenvalue weighted by Crippen LogP contribution is 2.19. The quantitative estimate of drug-likeness (QED) is 0.817. The molecular formula is C12H15IN2O. The van der Waals surface area contributed by atoms with Crippen LogP contribution in [-0.2, 0) is 4.79 Å². The molecule has 86 valence electrons. The van der Waals surface area contributed by atoms with E-state index in [9.17, 15) is 4.79 Å². The van der Waals surface area contributed by atoms with Gasteiger partial charge < -0.3 is 10.6 Å². The van der Waals surface area contributed by atoms with Crippen LogP contribution in [0, 0.1) is 9.49 Å². The van der Waals surface area contributed by atoms with Crippen molar-refractivity contribution in [2.45, 2.75) is 19.4 Å². The summed E-state index contributed by atoms with van der Waals surface area (Å²) >= 11 is 2.24. The van der Waals surface area contributed by atoms with Crippen molar-refractivity contribution in [1.82, 2.24) is 5.32 Å². The highest BCUT2D eigenvalue weighted by atomic mass is 127. The molecule has 1 heterocycles. The van der Waals surface area contributed by atoms with E-state index in [1.165, 1.54) is 0 Å². The van der Waals surface area contributed by atoms with Crippen LogP contribution in [0.1, 0.15) is 13.3 Å². The molecule has 3 nitrogen and oxygen atoms in total. The molecule has 1 saturated heterocycles. The summed E-state index contributed by atoms with van der Waals surface area (Å²) in [5.41, 5.74) is 0.885. The molecular weight excluding hydrogens is 315 g/mol. The number of benzene rings is 1. The van der Waals surface area contributed by atoms with Gasteiger partial charge in [-0.1, -0.05) is 6.07 Å². The van der Waals surface area contributed by atoms with Gasteiger partial charge in [-0.2, -0.15) is 0 Å². The first kappa shape index (κ1) is 11.9. The summed E-state index contributed by atoms with van der Waals surface area (Å²) in [5.74, 6) is 0.220. The molecule has 1 fully saturated rings. The van der Waals surface area contributed by atoms with Crippen molar-refractivity contribution >= 4 is 34.2 Å². The van der Waals surface area contributed by atoms with E-state index >= 15 is 0 Å². The molecule has 4 heteroatoms. The average molecular weight is 330 g/mol. The Balaban J connectivity index is 2.02. The predicted octanol–water partition coefficient (Wildman–Crippen LogP) is 2.23. The number of carbonyl (C=O) groups is 1. The van der Waals surface area contributed by atoms with Gasteiger partial charge in [-0.25, -0.2) is 0 Å². The van der Waals surface area contributed by atoms with Crippen molar-refractivity contribution < 1.29 is 4.79 Å². The Morgan fingerprint density at radius 1 is 1.56 bits per heavy atom. The van der Waals surface area contributed by atoms with Crippen molar-refractivity contribution in [3.8, 4) is 0 Å². The lowest BCUT2D eigenvalue weighted by Gasteiger charge is -2.14. The van der Waals surface area contributed by atoms with Gasteiger partial charge in [-0.3, -0.25) is 4.79 Å². The van der Waals surface area contributed by atoms with Crippen molar-refractivity contribution in [2.75, 3.05) is 11.9 Å². The summed E-state index contributed by atoms with van der Waals surface area (Å²) in [7, 11) is 0. The third-order valence-electron chi connectivity index (χ3n) is 2.95. The second-order valence-electron chi connectivity index (χ2n) is 4.14. The minimum Gasteiger partial charge on any atom is -0.326 e. The maximum Gasteiger partial charge on any atom is 0.229 e. The average Bonchev–Trinajstić information content (AvgIpc) is 2.64. The second-order valence-corrected chi connectivity index (χ2v) is 5.38. The van der Waals surface area contributed by atoms with E-state index < -0.39 is 0 Å². The SMILES string of the molecule is CC1NCCC1C(=O)Nc1cccc(I)c1. The fourth-order valence-electron chi connectivity index (χ4n) is 2.02. The van der Waals surface area contributed by atoms with E-state index in [4.69, 9.17) is 0 Å². The number of carbonyl (C=O) groups excluding carboxylic acids is 1. The summed E-state index contributed by atoms with van der Waals surface area (Å²) in [6.45, 7) is 3.00. The molecule has 1 aliphatic rings. The van der Waals surface area contributed by atoms with Gasteiger partial charge in [-0.05, 0) is 60.7 Å². The molecule has 0 bridgehead atoms. The Morgan fingerprint density at radius 2 is 2.38 bits per heavy atom. The van der Waals surface area contributed by atoms with E-state index in [2.05, 4.69) is 40.1 Å². The Morgan fingerprint density at radius 3 is 3.00 bits per heavy atom. The van der Waals surface area contributed by atoms with Gasteiger partial charge in [0, 0.05) is 15.3 Å². The zero-order valence-corrected chi connectivity index (χ0v) is 11.3. The second kappa shape index (κ2) is 5.14. The van der Waals surface area contributed by atoms with Crippen molar-refractivity contribution in [3.63, 3.8) is 0 Å². The van der Waals surface area contributed by atoms with Crippen LogP contribution in [0.5, 0.6) is 0 Å². The summed E-state index contributed by atoms with van der Waals surface area (Å²) in [6, 6.07) is 8.14. The molecule has 0 saturated carbocycles. The van der Waals surface area contributed by atoms with E-state index in [-0.39, 0.29) is 17.9 Å². The minimum absolute atomic E-state index is 0.0952. The summed E-state index contributed by atoms with van der Waals surface area (Å²) < 4.78 is 1.13. The summed E-state index contributed by atoms with van der Waals surface area (Å²) in [6.07, 6.45) is 0.928. The first-order valence-electron chi connectivity index (χ1n) is 5.46. The summed E-state index contributed by atoms with van der Waals surface area (Å²) in [4.78, 5) is 12.0. The molecule has 16 heavy (non-hydrogen) atoms. The Hall–Kier alpha value is -0.620. The van der Waals surface area contributed by atoms with Gasteiger partial charge in [-0.15, -0.1) is 0 Å². The van der Waals surface area contributed by atoms with Crippen LogP contribution < -0.4 is 10.6 Å². The molecule has 1 aliphatic heterocycles. The van der Waals surface area contributed by atoms with Gasteiger partial charge in [0.05, 0.1) is 5.92 Å². The summed E-state index contributed by atoms with van der Waals surface area (Å²) in [5, 5.41) is 6.26. The maximum absolute atomic E-state index is 12.0. The monoisotopic (exact) mass is 330 g/mol. The molecule has 1 amide bonds. The van der Waals surface area contributed by atoms with Gasteiger partial charge in [0.15, 0.2) is 0 Å². The third-order valence-corrected chi connectivity index (χ3v) is 3.63. The molecule has 0 spiro atoms. The predicted molar refractivity (Wildman–Crippen MR) is 73.4 cm³/mol. The number of amides is 1. The first-order valence-corrected chi connectivity index (χ1v) is 6.54. The minimum atomic E-state index is 0.0952. The number of halogens is 1. The number of nitrogens with one attached hydrogen (secondary N) is 2. The van der Waals surface area contributed by atoms with Gasteiger partial charge in [0.25, 0.3) is 0 Å². The Bertz CT molecular complexity index is 394. The Kier molecular flexibility index (Phi) is 3.81. The fourth-order valence-corrected chi connectivity index (χ4v) is 2.56. The lowest BCUT2D eigenvalue weighted by Crippen LogP contribution is -2.32.